The molecular formula is C20H20N2O7S. The van der Waals surface area contributed by atoms with Gasteiger partial charge in [0.25, 0.3) is 5.91 Å². The first-order valence-electron chi connectivity index (χ1n) is 8.95. The quantitative estimate of drug-likeness (QED) is 0.518. The van der Waals surface area contributed by atoms with Crippen LogP contribution in [-0.4, -0.2) is 57.2 Å². The van der Waals surface area contributed by atoms with E-state index in [2.05, 4.69) is 5.32 Å². The molecule has 2 aromatic carbocycles. The number of likely N-dealkylation sites (N-methyl/N-ethyl adjacent to an activating group) is 1. The van der Waals surface area contributed by atoms with Gasteiger partial charge in [0.2, 0.25) is 10.0 Å². The summed E-state index contributed by atoms with van der Waals surface area (Å²) in [6, 6.07) is 10.7. The maximum atomic E-state index is 12.5. The Labute approximate surface area is 173 Å². The molecule has 10 heteroatoms. The molecule has 30 heavy (non-hydrogen) atoms. The van der Waals surface area contributed by atoms with Gasteiger partial charge in [-0.15, -0.1) is 0 Å². The van der Waals surface area contributed by atoms with Crippen molar-refractivity contribution in [2.45, 2.75) is 11.8 Å². The van der Waals surface area contributed by atoms with Crippen LogP contribution in [0.1, 0.15) is 15.9 Å². The van der Waals surface area contributed by atoms with E-state index in [0.717, 1.165) is 9.87 Å². The molecule has 9 nitrogen and oxygen atoms in total. The van der Waals surface area contributed by atoms with Gasteiger partial charge in [0, 0.05) is 12.6 Å². The van der Waals surface area contributed by atoms with Crippen molar-refractivity contribution in [2.75, 3.05) is 32.1 Å². The highest BCUT2D eigenvalue weighted by Crippen LogP contribution is 2.28. The number of carbonyl (C=O) groups excluding carboxylic acids is 3. The standard InChI is InChI=1S/C20H20N2O7S/c1-13-3-6-15(7-4-13)30(26,27)22(2)10-20(25)29-11-17(23)14-5-8-18-16(9-14)21-19(24)12-28-18/h3-9H,10-12H2,1-2H3,(H,21,24). The van der Waals surface area contributed by atoms with Crippen LogP contribution in [0.2, 0.25) is 0 Å². The molecule has 1 amide bonds. The van der Waals surface area contributed by atoms with Gasteiger partial charge in [-0.05, 0) is 37.3 Å². The molecule has 0 aliphatic carbocycles. The van der Waals surface area contributed by atoms with Crippen molar-refractivity contribution in [3.8, 4) is 5.75 Å². The lowest BCUT2D eigenvalue weighted by molar-refractivity contribution is -0.142. The van der Waals surface area contributed by atoms with E-state index < -0.39 is 34.9 Å². The van der Waals surface area contributed by atoms with Crippen molar-refractivity contribution in [1.29, 1.82) is 0 Å². The molecule has 2 aromatic rings. The van der Waals surface area contributed by atoms with Crippen LogP contribution in [0.5, 0.6) is 5.75 Å². The number of ketones is 1. The van der Waals surface area contributed by atoms with Gasteiger partial charge in [0.15, 0.2) is 19.0 Å². The second-order valence-electron chi connectivity index (χ2n) is 6.71. The lowest BCUT2D eigenvalue weighted by atomic mass is 10.1. The number of amides is 1. The number of fused-ring (bicyclic) bond motifs is 1. The third-order valence-corrected chi connectivity index (χ3v) is 6.20. The molecule has 1 aliphatic rings. The number of hydrogen-bond donors (Lipinski definition) is 1. The maximum Gasteiger partial charge on any atom is 0.321 e. The zero-order valence-corrected chi connectivity index (χ0v) is 17.2. The molecule has 0 spiro atoms. The smallest absolute Gasteiger partial charge is 0.321 e. The highest BCUT2D eigenvalue weighted by atomic mass is 32.2. The summed E-state index contributed by atoms with van der Waals surface area (Å²) in [4.78, 5) is 35.8. The number of anilines is 1. The molecule has 1 heterocycles. The fourth-order valence-electron chi connectivity index (χ4n) is 2.69. The molecule has 0 saturated heterocycles. The summed E-state index contributed by atoms with van der Waals surface area (Å²) < 4.78 is 36.0. The molecule has 0 saturated carbocycles. The zero-order chi connectivity index (χ0) is 21.9. The predicted octanol–water partition coefficient (Wildman–Crippen LogP) is 1.37. The summed E-state index contributed by atoms with van der Waals surface area (Å²) in [5.74, 6) is -1.27. The average Bonchev–Trinajstić information content (AvgIpc) is 2.71. The number of rotatable bonds is 7. The first-order chi connectivity index (χ1) is 14.2. The van der Waals surface area contributed by atoms with Gasteiger partial charge in [-0.2, -0.15) is 4.31 Å². The van der Waals surface area contributed by atoms with Crippen molar-refractivity contribution >= 4 is 33.4 Å². The van der Waals surface area contributed by atoms with Crippen LogP contribution in [0, 0.1) is 6.92 Å². The van der Waals surface area contributed by atoms with Crippen molar-refractivity contribution in [2.24, 2.45) is 0 Å². The number of Topliss-reactive ketones (excluding diaryl/α,β-unsaturated/α-hetero) is 1. The van der Waals surface area contributed by atoms with E-state index in [4.69, 9.17) is 9.47 Å². The Morgan fingerprint density at radius 2 is 1.87 bits per heavy atom. The number of nitrogens with one attached hydrogen (secondary N) is 1. The Morgan fingerprint density at radius 1 is 1.17 bits per heavy atom. The third-order valence-electron chi connectivity index (χ3n) is 4.38. The zero-order valence-electron chi connectivity index (χ0n) is 16.4. The fraction of sp³-hybridized carbons (Fsp3) is 0.250. The number of aryl methyl sites for hydroxylation is 1. The number of benzene rings is 2. The topological polar surface area (TPSA) is 119 Å². The molecule has 0 fully saturated rings. The summed E-state index contributed by atoms with van der Waals surface area (Å²) in [6.07, 6.45) is 0. The van der Waals surface area contributed by atoms with E-state index in [9.17, 15) is 22.8 Å². The van der Waals surface area contributed by atoms with Crippen molar-refractivity contribution in [3.63, 3.8) is 0 Å². The van der Waals surface area contributed by atoms with Gasteiger partial charge >= 0.3 is 5.97 Å². The molecule has 0 aromatic heterocycles. The van der Waals surface area contributed by atoms with Crippen LogP contribution in [-0.2, 0) is 24.3 Å². The van der Waals surface area contributed by atoms with Crippen molar-refractivity contribution in [3.05, 3.63) is 53.6 Å². The number of esters is 1. The SMILES string of the molecule is Cc1ccc(S(=O)(=O)N(C)CC(=O)OCC(=O)c2ccc3c(c2)NC(=O)CO3)cc1. The molecule has 0 atom stereocenters. The summed E-state index contributed by atoms with van der Waals surface area (Å²) >= 11 is 0. The molecule has 3 rings (SSSR count). The van der Waals surface area contributed by atoms with Gasteiger partial charge < -0.3 is 14.8 Å². The van der Waals surface area contributed by atoms with Gasteiger partial charge in [-0.25, -0.2) is 8.42 Å². The normalized spacial score (nSPS) is 13.2. The van der Waals surface area contributed by atoms with Crippen LogP contribution in [0.25, 0.3) is 0 Å². The number of carbonyl (C=O) groups is 3. The van der Waals surface area contributed by atoms with Crippen LogP contribution >= 0.6 is 0 Å². The number of ether oxygens (including phenoxy) is 2. The van der Waals surface area contributed by atoms with Gasteiger partial charge in [0.05, 0.1) is 10.6 Å². The Morgan fingerprint density at radius 3 is 2.57 bits per heavy atom. The third kappa shape index (κ3) is 4.84. The van der Waals surface area contributed by atoms with Crippen LogP contribution in [0.3, 0.4) is 0 Å². The van der Waals surface area contributed by atoms with E-state index in [0.29, 0.717) is 11.4 Å². The van der Waals surface area contributed by atoms with Gasteiger partial charge in [-0.3, -0.25) is 14.4 Å². The monoisotopic (exact) mass is 432 g/mol. The number of sulfonamides is 1. The molecule has 0 bridgehead atoms. The van der Waals surface area contributed by atoms with Crippen molar-refractivity contribution in [1.82, 2.24) is 4.31 Å². The number of hydrogen-bond acceptors (Lipinski definition) is 7. The summed E-state index contributed by atoms with van der Waals surface area (Å²) in [7, 11) is -2.61. The van der Waals surface area contributed by atoms with Gasteiger partial charge in [0.1, 0.15) is 12.3 Å². The lowest BCUT2D eigenvalue weighted by Gasteiger charge is -2.18. The molecule has 1 aliphatic heterocycles. The first-order valence-corrected chi connectivity index (χ1v) is 10.4. The molecule has 0 radical (unpaired) electrons. The Kier molecular flexibility index (Phi) is 6.18. The minimum absolute atomic E-state index is 0.0535. The summed E-state index contributed by atoms with van der Waals surface area (Å²) in [6.45, 7) is 0.622. The summed E-state index contributed by atoms with van der Waals surface area (Å²) in [5, 5.41) is 2.58. The fourth-order valence-corrected chi connectivity index (χ4v) is 3.80. The second kappa shape index (κ2) is 8.64. The predicted molar refractivity (Wildman–Crippen MR) is 107 cm³/mol. The van der Waals surface area contributed by atoms with Crippen LogP contribution in [0.15, 0.2) is 47.4 Å². The minimum atomic E-state index is -3.86. The highest BCUT2D eigenvalue weighted by Gasteiger charge is 2.24. The highest BCUT2D eigenvalue weighted by molar-refractivity contribution is 7.89. The Hall–Kier alpha value is -3.24. The second-order valence-corrected chi connectivity index (χ2v) is 8.75. The van der Waals surface area contributed by atoms with Crippen LogP contribution < -0.4 is 10.1 Å². The lowest BCUT2D eigenvalue weighted by Crippen LogP contribution is -2.33. The van der Waals surface area contributed by atoms with E-state index in [-0.39, 0.29) is 23.0 Å². The average molecular weight is 432 g/mol. The van der Waals surface area contributed by atoms with E-state index >= 15 is 0 Å². The van der Waals surface area contributed by atoms with E-state index in [1.165, 1.54) is 37.4 Å². The molecular weight excluding hydrogens is 412 g/mol. The maximum absolute atomic E-state index is 12.5. The van der Waals surface area contributed by atoms with Crippen LogP contribution in [0.4, 0.5) is 5.69 Å². The Bertz CT molecular complexity index is 1090. The summed E-state index contributed by atoms with van der Waals surface area (Å²) in [5.41, 5.74) is 1.48. The van der Waals surface area contributed by atoms with E-state index in [1.54, 1.807) is 12.1 Å². The minimum Gasteiger partial charge on any atom is -0.482 e. The molecule has 0 unspecified atom stereocenters. The number of nitrogens with zero attached hydrogens (tertiary/aromatic N) is 1. The first kappa shape index (κ1) is 21.5. The molecule has 1 N–H and O–H groups in total. The largest absolute Gasteiger partial charge is 0.482 e. The van der Waals surface area contributed by atoms with Crippen molar-refractivity contribution < 1.29 is 32.3 Å². The van der Waals surface area contributed by atoms with E-state index in [1.807, 2.05) is 6.92 Å². The van der Waals surface area contributed by atoms with Gasteiger partial charge in [-0.1, -0.05) is 17.7 Å². The Balaban J connectivity index is 1.57. The molecule has 158 valence electrons.